The minimum absolute atomic E-state index is 0.174. The zero-order chi connectivity index (χ0) is 16.8. The van der Waals surface area contributed by atoms with E-state index in [1.807, 2.05) is 36.7 Å². The van der Waals surface area contributed by atoms with Crippen LogP contribution in [0.15, 0.2) is 41.2 Å². The number of aromatic hydroxyl groups is 1. The summed E-state index contributed by atoms with van der Waals surface area (Å²) >= 11 is 0. The average molecular weight is 316 g/mol. The standard InChI is InChI=1S/C18H24N2O3/c1-14-11-17(21)18(22)16(20(14)9-10-23-3)13-19(2)12-15-7-5-4-6-8-15/h4-8,11,22H,9-10,12-13H2,1-3H3. The Kier molecular flexibility index (Phi) is 5.96. The third-order valence-electron chi connectivity index (χ3n) is 3.83. The zero-order valence-electron chi connectivity index (χ0n) is 14.0. The molecule has 0 aliphatic rings. The molecule has 0 bridgehead atoms. The van der Waals surface area contributed by atoms with Gasteiger partial charge in [-0.2, -0.15) is 0 Å². The maximum atomic E-state index is 11.9. The Balaban J connectivity index is 2.24. The summed E-state index contributed by atoms with van der Waals surface area (Å²) in [5.74, 6) is -0.174. The van der Waals surface area contributed by atoms with Crippen LogP contribution >= 0.6 is 0 Å². The van der Waals surface area contributed by atoms with Gasteiger partial charge in [-0.1, -0.05) is 30.3 Å². The van der Waals surface area contributed by atoms with Crippen LogP contribution in [-0.2, 0) is 24.4 Å². The number of methoxy groups -OCH3 is 1. The highest BCUT2D eigenvalue weighted by Crippen LogP contribution is 2.17. The topological polar surface area (TPSA) is 54.7 Å². The highest BCUT2D eigenvalue weighted by molar-refractivity contribution is 5.30. The molecule has 0 fully saturated rings. The van der Waals surface area contributed by atoms with Crippen molar-refractivity contribution in [3.8, 4) is 5.75 Å². The van der Waals surface area contributed by atoms with Crippen molar-refractivity contribution in [2.24, 2.45) is 0 Å². The molecule has 1 heterocycles. The van der Waals surface area contributed by atoms with Crippen LogP contribution in [0.4, 0.5) is 0 Å². The quantitative estimate of drug-likeness (QED) is 0.850. The van der Waals surface area contributed by atoms with Crippen molar-refractivity contribution in [2.45, 2.75) is 26.6 Å². The van der Waals surface area contributed by atoms with Crippen LogP contribution < -0.4 is 5.43 Å². The Morgan fingerprint density at radius 3 is 2.57 bits per heavy atom. The van der Waals surface area contributed by atoms with Gasteiger partial charge >= 0.3 is 0 Å². The normalized spacial score (nSPS) is 11.1. The molecule has 5 nitrogen and oxygen atoms in total. The summed E-state index contributed by atoms with van der Waals surface area (Å²) in [6, 6.07) is 11.6. The van der Waals surface area contributed by atoms with E-state index >= 15 is 0 Å². The fraction of sp³-hybridized carbons (Fsp3) is 0.389. The number of ether oxygens (including phenoxy) is 1. The molecule has 1 N–H and O–H groups in total. The third kappa shape index (κ3) is 4.43. The lowest BCUT2D eigenvalue weighted by molar-refractivity contribution is 0.183. The van der Waals surface area contributed by atoms with Crippen LogP contribution in [0.3, 0.4) is 0 Å². The van der Waals surface area contributed by atoms with E-state index in [1.54, 1.807) is 7.11 Å². The first-order valence-electron chi connectivity index (χ1n) is 7.66. The SMILES string of the molecule is COCCn1c(C)cc(=O)c(O)c1CN(C)Cc1ccccc1. The number of aromatic nitrogens is 1. The van der Waals surface area contributed by atoms with Gasteiger partial charge in [0.1, 0.15) is 0 Å². The molecular weight excluding hydrogens is 292 g/mol. The van der Waals surface area contributed by atoms with Gasteiger partial charge in [0.05, 0.1) is 12.3 Å². The van der Waals surface area contributed by atoms with E-state index in [0.717, 1.165) is 12.2 Å². The van der Waals surface area contributed by atoms with Crippen LogP contribution in [0.1, 0.15) is 17.0 Å². The Hall–Kier alpha value is -2.11. The van der Waals surface area contributed by atoms with Gasteiger partial charge in [-0.25, -0.2) is 0 Å². The zero-order valence-corrected chi connectivity index (χ0v) is 14.0. The summed E-state index contributed by atoms with van der Waals surface area (Å²) < 4.78 is 7.08. The smallest absolute Gasteiger partial charge is 0.223 e. The van der Waals surface area contributed by atoms with Crippen molar-refractivity contribution in [2.75, 3.05) is 20.8 Å². The maximum absolute atomic E-state index is 11.9. The van der Waals surface area contributed by atoms with Crippen molar-refractivity contribution in [1.82, 2.24) is 9.47 Å². The Morgan fingerprint density at radius 1 is 1.22 bits per heavy atom. The van der Waals surface area contributed by atoms with E-state index in [9.17, 15) is 9.90 Å². The minimum atomic E-state index is -0.334. The predicted molar refractivity (Wildman–Crippen MR) is 90.6 cm³/mol. The van der Waals surface area contributed by atoms with E-state index in [2.05, 4.69) is 17.0 Å². The van der Waals surface area contributed by atoms with Crippen LogP contribution in [0, 0.1) is 6.92 Å². The molecule has 1 aromatic heterocycles. The van der Waals surface area contributed by atoms with Gasteiger partial charge in [0, 0.05) is 38.5 Å². The minimum Gasteiger partial charge on any atom is -0.503 e. The molecular formula is C18H24N2O3. The molecule has 0 amide bonds. The lowest BCUT2D eigenvalue weighted by Gasteiger charge is -2.22. The second kappa shape index (κ2) is 7.94. The van der Waals surface area contributed by atoms with Crippen LogP contribution in [0.25, 0.3) is 0 Å². The van der Waals surface area contributed by atoms with E-state index in [4.69, 9.17) is 4.74 Å². The van der Waals surface area contributed by atoms with Gasteiger partial charge in [-0.15, -0.1) is 0 Å². The summed E-state index contributed by atoms with van der Waals surface area (Å²) in [6.45, 7) is 4.23. The summed E-state index contributed by atoms with van der Waals surface area (Å²) in [6.07, 6.45) is 0. The molecule has 2 aromatic rings. The molecule has 0 aliphatic heterocycles. The van der Waals surface area contributed by atoms with Gasteiger partial charge in [-0.3, -0.25) is 9.69 Å². The lowest BCUT2D eigenvalue weighted by atomic mass is 10.2. The number of hydrogen-bond acceptors (Lipinski definition) is 4. The molecule has 1 aromatic carbocycles. The van der Waals surface area contributed by atoms with E-state index in [-0.39, 0.29) is 11.2 Å². The summed E-state index contributed by atoms with van der Waals surface area (Å²) in [5, 5.41) is 10.2. The second-order valence-electron chi connectivity index (χ2n) is 5.75. The predicted octanol–water partition coefficient (Wildman–Crippen LogP) is 2.14. The van der Waals surface area contributed by atoms with Gasteiger partial charge in [0.25, 0.3) is 0 Å². The molecule has 124 valence electrons. The number of pyridine rings is 1. The highest BCUT2D eigenvalue weighted by Gasteiger charge is 2.15. The highest BCUT2D eigenvalue weighted by atomic mass is 16.5. The number of benzene rings is 1. The number of aryl methyl sites for hydroxylation is 1. The molecule has 5 heteroatoms. The van der Waals surface area contributed by atoms with E-state index < -0.39 is 0 Å². The Labute approximate surface area is 136 Å². The van der Waals surface area contributed by atoms with E-state index in [0.29, 0.717) is 25.4 Å². The van der Waals surface area contributed by atoms with Crippen molar-refractivity contribution >= 4 is 0 Å². The van der Waals surface area contributed by atoms with Crippen LogP contribution in [-0.4, -0.2) is 35.3 Å². The van der Waals surface area contributed by atoms with Gasteiger partial charge in [0.15, 0.2) is 5.75 Å². The monoisotopic (exact) mass is 316 g/mol. The summed E-state index contributed by atoms with van der Waals surface area (Å²) in [5.41, 5.74) is 2.31. The van der Waals surface area contributed by atoms with Crippen molar-refractivity contribution < 1.29 is 9.84 Å². The fourth-order valence-corrected chi connectivity index (χ4v) is 2.68. The van der Waals surface area contributed by atoms with Crippen molar-refractivity contribution in [1.29, 1.82) is 0 Å². The van der Waals surface area contributed by atoms with Crippen molar-refractivity contribution in [3.05, 3.63) is 63.6 Å². The van der Waals surface area contributed by atoms with Gasteiger partial charge < -0.3 is 14.4 Å². The number of nitrogens with zero attached hydrogens (tertiary/aromatic N) is 2. The molecule has 0 saturated heterocycles. The average Bonchev–Trinajstić information content (AvgIpc) is 2.53. The third-order valence-corrected chi connectivity index (χ3v) is 3.83. The summed E-state index contributed by atoms with van der Waals surface area (Å²) in [7, 11) is 3.61. The van der Waals surface area contributed by atoms with E-state index in [1.165, 1.54) is 11.6 Å². The molecule has 2 rings (SSSR count). The molecule has 23 heavy (non-hydrogen) atoms. The van der Waals surface area contributed by atoms with Gasteiger partial charge in [-0.05, 0) is 19.5 Å². The molecule has 0 radical (unpaired) electrons. The molecule has 0 atom stereocenters. The molecule has 0 spiro atoms. The number of rotatable bonds is 7. The van der Waals surface area contributed by atoms with Gasteiger partial charge in [0.2, 0.25) is 5.43 Å². The Morgan fingerprint density at radius 2 is 1.91 bits per heavy atom. The number of hydrogen-bond donors (Lipinski definition) is 1. The first kappa shape index (κ1) is 17.2. The Bertz CT molecular complexity index is 695. The second-order valence-corrected chi connectivity index (χ2v) is 5.75. The lowest BCUT2D eigenvalue weighted by Crippen LogP contribution is -2.25. The molecule has 0 unspecified atom stereocenters. The molecule has 0 saturated carbocycles. The summed E-state index contributed by atoms with van der Waals surface area (Å²) in [4.78, 5) is 14.0. The van der Waals surface area contributed by atoms with Crippen LogP contribution in [0.5, 0.6) is 5.75 Å². The first-order valence-corrected chi connectivity index (χ1v) is 7.66. The fourth-order valence-electron chi connectivity index (χ4n) is 2.68. The van der Waals surface area contributed by atoms with Crippen LogP contribution in [0.2, 0.25) is 0 Å². The first-order chi connectivity index (χ1) is 11.0. The van der Waals surface area contributed by atoms with Crippen molar-refractivity contribution in [3.63, 3.8) is 0 Å². The maximum Gasteiger partial charge on any atom is 0.223 e. The largest absolute Gasteiger partial charge is 0.503 e. The molecule has 0 aliphatic carbocycles.